The molecule has 0 nitrogen and oxygen atoms in total. The summed E-state index contributed by atoms with van der Waals surface area (Å²) in [6.45, 7) is 0. The van der Waals surface area contributed by atoms with E-state index in [0.717, 1.165) is 0 Å². The van der Waals surface area contributed by atoms with Crippen molar-refractivity contribution in [1.29, 1.82) is 0 Å². The second-order valence-corrected chi connectivity index (χ2v) is 4.07. The minimum atomic E-state index is 1.25. The lowest BCUT2D eigenvalue weighted by molar-refractivity contribution is 0.648. The predicted molar refractivity (Wildman–Crippen MR) is 64.1 cm³/mol. The molecule has 0 amide bonds. The molecule has 0 heterocycles. The van der Waals surface area contributed by atoms with Gasteiger partial charge in [-0.05, 0) is 32.1 Å². The number of rotatable bonds is 0. The summed E-state index contributed by atoms with van der Waals surface area (Å²) < 4.78 is 0. The second-order valence-electron chi connectivity index (χ2n) is 4.07. The molecule has 79 valence electrons. The Balaban J connectivity index is 2.17. The van der Waals surface area contributed by atoms with Crippen LogP contribution < -0.4 is 0 Å². The lowest BCUT2D eigenvalue weighted by Crippen LogP contribution is -1.82. The van der Waals surface area contributed by atoms with Gasteiger partial charge >= 0.3 is 0 Å². The molecule has 0 saturated carbocycles. The maximum atomic E-state index is 2.48. The summed E-state index contributed by atoms with van der Waals surface area (Å²) in [6, 6.07) is 0. The molecule has 0 heteroatoms. The molecule has 0 N–H and O–H groups in total. The fourth-order valence-electron chi connectivity index (χ4n) is 1.77. The molecule has 1 rings (SSSR count). The first-order valence-electron chi connectivity index (χ1n) is 6.13. The molecule has 1 aliphatic rings. The first kappa shape index (κ1) is 11.6. The van der Waals surface area contributed by atoms with Crippen molar-refractivity contribution in [2.24, 2.45) is 0 Å². The van der Waals surface area contributed by atoms with Crippen LogP contribution in [0.2, 0.25) is 0 Å². The fraction of sp³-hybridized carbons (Fsp3) is 0.643. The van der Waals surface area contributed by atoms with Crippen LogP contribution in [0, 0.1) is 6.42 Å². The van der Waals surface area contributed by atoms with E-state index in [1.54, 1.807) is 0 Å². The summed E-state index contributed by atoms with van der Waals surface area (Å²) in [5.74, 6) is 0. The van der Waals surface area contributed by atoms with Crippen LogP contribution in [0.1, 0.15) is 57.8 Å². The molecule has 0 unspecified atom stereocenters. The quantitative estimate of drug-likeness (QED) is 0.514. The van der Waals surface area contributed by atoms with E-state index in [4.69, 9.17) is 0 Å². The van der Waals surface area contributed by atoms with Gasteiger partial charge in [0, 0.05) is 0 Å². The average Bonchev–Trinajstić information content (AvgIpc) is 2.22. The predicted octanol–water partition coefficient (Wildman–Crippen LogP) is 4.83. The van der Waals surface area contributed by atoms with E-state index >= 15 is 0 Å². The van der Waals surface area contributed by atoms with Crippen LogP contribution >= 0.6 is 0 Å². The van der Waals surface area contributed by atoms with Gasteiger partial charge in [0.05, 0.1) is 0 Å². The molecule has 0 aliphatic heterocycles. The van der Waals surface area contributed by atoms with Crippen LogP contribution in [0.5, 0.6) is 0 Å². The minimum absolute atomic E-state index is 1.25. The summed E-state index contributed by atoms with van der Waals surface area (Å²) in [6.07, 6.45) is 23.5. The second kappa shape index (κ2) is 9.05. The Hall–Kier alpha value is -0.520. The summed E-state index contributed by atoms with van der Waals surface area (Å²) in [7, 11) is 0. The molecule has 14 heavy (non-hydrogen) atoms. The van der Waals surface area contributed by atoms with Gasteiger partial charge in [-0.15, -0.1) is 0 Å². The highest BCUT2D eigenvalue weighted by molar-refractivity contribution is 5.02. The zero-order valence-electron chi connectivity index (χ0n) is 9.25. The molecule has 0 atom stereocenters. The molecule has 0 aromatic rings. The van der Waals surface area contributed by atoms with Gasteiger partial charge < -0.3 is 0 Å². The van der Waals surface area contributed by atoms with Gasteiger partial charge in [0.25, 0.3) is 0 Å². The maximum absolute atomic E-state index is 2.48. The third-order valence-corrected chi connectivity index (χ3v) is 2.69. The van der Waals surface area contributed by atoms with Crippen LogP contribution in [0.4, 0.5) is 0 Å². The SMILES string of the molecule is [CH]1CCCCC=CC=CCCCCC1. The van der Waals surface area contributed by atoms with Crippen molar-refractivity contribution >= 4 is 0 Å². The summed E-state index contributed by atoms with van der Waals surface area (Å²) in [4.78, 5) is 0. The Kier molecular flexibility index (Phi) is 7.47. The van der Waals surface area contributed by atoms with Crippen molar-refractivity contribution < 1.29 is 0 Å². The fourth-order valence-corrected chi connectivity index (χ4v) is 1.77. The van der Waals surface area contributed by atoms with E-state index in [-0.39, 0.29) is 0 Å². The van der Waals surface area contributed by atoms with Gasteiger partial charge in [-0.2, -0.15) is 0 Å². The van der Waals surface area contributed by atoms with E-state index < -0.39 is 0 Å². The molecular weight excluding hydrogens is 168 g/mol. The van der Waals surface area contributed by atoms with Crippen molar-refractivity contribution in [3.8, 4) is 0 Å². The summed E-state index contributed by atoms with van der Waals surface area (Å²) >= 11 is 0. The van der Waals surface area contributed by atoms with Crippen molar-refractivity contribution in [3.63, 3.8) is 0 Å². The molecule has 1 aliphatic carbocycles. The zero-order chi connectivity index (χ0) is 9.90. The average molecular weight is 191 g/mol. The molecule has 1 radical (unpaired) electrons. The third kappa shape index (κ3) is 6.94. The van der Waals surface area contributed by atoms with E-state index in [1.807, 2.05) is 0 Å². The number of hydrogen-bond acceptors (Lipinski definition) is 0. The molecule has 0 aromatic heterocycles. The highest BCUT2D eigenvalue weighted by Crippen LogP contribution is 2.10. The normalized spacial score (nSPS) is 21.7. The molecule has 0 aromatic carbocycles. The first-order chi connectivity index (χ1) is 7.00. The highest BCUT2D eigenvalue weighted by Gasteiger charge is 1.92. The Labute approximate surface area is 89.1 Å². The largest absolute Gasteiger partial charge is 0.0845 e. The summed E-state index contributed by atoms with van der Waals surface area (Å²) in [5, 5.41) is 0. The third-order valence-electron chi connectivity index (χ3n) is 2.69. The van der Waals surface area contributed by atoms with Crippen LogP contribution in [0.25, 0.3) is 0 Å². The van der Waals surface area contributed by atoms with Gasteiger partial charge in [-0.25, -0.2) is 0 Å². The van der Waals surface area contributed by atoms with Crippen LogP contribution in [-0.4, -0.2) is 0 Å². The molecule has 0 saturated heterocycles. The molecular formula is C14H23. The van der Waals surface area contributed by atoms with Gasteiger partial charge in [-0.1, -0.05) is 56.4 Å². The Morgan fingerprint density at radius 1 is 0.500 bits per heavy atom. The van der Waals surface area contributed by atoms with Crippen molar-refractivity contribution in [2.45, 2.75) is 57.8 Å². The van der Waals surface area contributed by atoms with Gasteiger partial charge in [0.2, 0.25) is 0 Å². The first-order valence-corrected chi connectivity index (χ1v) is 6.13. The van der Waals surface area contributed by atoms with E-state index in [9.17, 15) is 0 Å². The van der Waals surface area contributed by atoms with Crippen molar-refractivity contribution in [2.75, 3.05) is 0 Å². The number of allylic oxidation sites excluding steroid dienone is 4. The Bertz CT molecular complexity index is 145. The topological polar surface area (TPSA) is 0 Å². The van der Waals surface area contributed by atoms with Gasteiger partial charge in [0.1, 0.15) is 0 Å². The Morgan fingerprint density at radius 3 is 1.71 bits per heavy atom. The lowest BCUT2D eigenvalue weighted by atomic mass is 10.1. The van der Waals surface area contributed by atoms with E-state index in [2.05, 4.69) is 30.7 Å². The smallest absolute Gasteiger partial charge is 0.0348 e. The molecule has 0 spiro atoms. The standard InChI is InChI=1S/C14H23/c1-2-4-6-8-10-12-14-13-11-9-7-5-3-1/h1-4,13H,5-12,14H2. The maximum Gasteiger partial charge on any atom is -0.0348 e. The van der Waals surface area contributed by atoms with E-state index in [1.165, 1.54) is 57.8 Å². The number of hydrogen-bond donors (Lipinski definition) is 0. The van der Waals surface area contributed by atoms with Crippen molar-refractivity contribution in [3.05, 3.63) is 30.7 Å². The van der Waals surface area contributed by atoms with Crippen LogP contribution in [0.15, 0.2) is 24.3 Å². The van der Waals surface area contributed by atoms with E-state index in [0.29, 0.717) is 0 Å². The zero-order valence-corrected chi connectivity index (χ0v) is 9.25. The van der Waals surface area contributed by atoms with Crippen molar-refractivity contribution in [1.82, 2.24) is 0 Å². The minimum Gasteiger partial charge on any atom is -0.0845 e. The summed E-state index contributed by atoms with van der Waals surface area (Å²) in [5.41, 5.74) is 0. The monoisotopic (exact) mass is 191 g/mol. The van der Waals surface area contributed by atoms with Crippen LogP contribution in [-0.2, 0) is 0 Å². The van der Waals surface area contributed by atoms with Gasteiger partial charge in [0.15, 0.2) is 0 Å². The van der Waals surface area contributed by atoms with Gasteiger partial charge in [-0.3, -0.25) is 0 Å². The Morgan fingerprint density at radius 2 is 1.00 bits per heavy atom. The highest BCUT2D eigenvalue weighted by atomic mass is 14.0. The molecule has 0 fully saturated rings. The van der Waals surface area contributed by atoms with Crippen LogP contribution in [0.3, 0.4) is 0 Å². The molecule has 0 bridgehead atoms. The lowest BCUT2D eigenvalue weighted by Gasteiger charge is -2.01.